The molecule has 2 aliphatic rings. The molecule has 3 aromatic rings. The SMILES string of the molecule is Cc1nc(N[C@H](C)c2cccc(C(F)F)c2F)c2cc([C-]3CC3)c(OC[C@H]3CCCN3C)nc2n1.[Cm]. The Balaban J connectivity index is 0.00000304. The van der Waals surface area contributed by atoms with Crippen molar-refractivity contribution >= 4 is 16.9 Å². The zero-order valence-electron chi connectivity index (χ0n) is 20.5. The second kappa shape index (κ2) is 9.89. The first-order chi connectivity index (χ1) is 16.8. The second-order valence-corrected chi connectivity index (χ2v) is 9.44. The van der Waals surface area contributed by atoms with Gasteiger partial charge in [0.25, 0.3) is 6.43 Å². The largest absolute Gasteiger partial charge is 0.532 e. The molecule has 2 atom stereocenters. The number of pyridine rings is 1. The van der Waals surface area contributed by atoms with E-state index in [0.717, 1.165) is 37.4 Å². The number of halogens is 3. The molecular weight excluding hydrogens is 702 g/mol. The van der Waals surface area contributed by atoms with E-state index in [0.29, 0.717) is 41.2 Å². The maximum Gasteiger partial charge on any atom is 0.266 e. The third-order valence-electron chi connectivity index (χ3n) is 6.84. The average molecular weight is 732 g/mol. The van der Waals surface area contributed by atoms with Crippen LogP contribution < -0.4 is 10.1 Å². The van der Waals surface area contributed by atoms with E-state index in [1.54, 1.807) is 13.8 Å². The predicted molar refractivity (Wildman–Crippen MR) is 128 cm³/mol. The van der Waals surface area contributed by atoms with Crippen LogP contribution in [-0.4, -0.2) is 46.1 Å². The number of alkyl halides is 2. The van der Waals surface area contributed by atoms with Crippen LogP contribution in [0, 0.1) is 18.7 Å². The summed E-state index contributed by atoms with van der Waals surface area (Å²) in [7, 11) is 2.11. The molecular formula is C26H29CmF3N5O-. The summed E-state index contributed by atoms with van der Waals surface area (Å²) >= 11 is 0. The van der Waals surface area contributed by atoms with Gasteiger partial charge in [-0.15, -0.1) is 11.6 Å². The summed E-state index contributed by atoms with van der Waals surface area (Å²) < 4.78 is 47.4. The first-order valence-corrected chi connectivity index (χ1v) is 12.0. The third kappa shape index (κ3) is 4.84. The molecule has 0 radical (unpaired) electrons. The standard InChI is InChI=1S/C26H29F3N5O.Cm/c1-14(18-7-4-8-19(22(18)27)23(28)29)30-24-21-12-20(16-9-10-16)26(33-25(21)32-15(2)31-24)35-13-17-6-5-11-34(17)3;/h4,7-8,12,14,17,23H,5-6,9-11,13H2,1-3H3,(H,30,31,32,33);/q-1;/t14-,17-;/m1./s1. The second-order valence-electron chi connectivity index (χ2n) is 9.44. The van der Waals surface area contributed by atoms with Crippen molar-refractivity contribution in [2.45, 2.75) is 58.0 Å². The van der Waals surface area contributed by atoms with Crippen molar-refractivity contribution in [2.24, 2.45) is 0 Å². The molecule has 5 rings (SSSR count). The van der Waals surface area contributed by atoms with E-state index in [1.165, 1.54) is 24.5 Å². The minimum atomic E-state index is -2.88. The Labute approximate surface area is 202 Å². The van der Waals surface area contributed by atoms with Gasteiger partial charge in [-0.1, -0.05) is 31.0 Å². The fourth-order valence-corrected chi connectivity index (χ4v) is 4.67. The molecule has 0 spiro atoms. The van der Waals surface area contributed by atoms with E-state index in [-0.39, 0.29) is 5.56 Å². The van der Waals surface area contributed by atoms with E-state index in [2.05, 4.69) is 27.2 Å². The number of likely N-dealkylation sites (N-methyl/N-ethyl adjacent to an activating group) is 1. The molecule has 1 saturated carbocycles. The van der Waals surface area contributed by atoms with E-state index in [1.807, 2.05) is 6.07 Å². The van der Waals surface area contributed by atoms with Gasteiger partial charge in [0.1, 0.15) is 29.0 Å². The molecule has 1 N–H and O–H groups in total. The predicted octanol–water partition coefficient (Wildman–Crippen LogP) is 5.77. The number of nitrogens with one attached hydrogen (secondary N) is 1. The summed E-state index contributed by atoms with van der Waals surface area (Å²) in [6.45, 7) is 5.12. The molecule has 2 fully saturated rings. The molecule has 194 valence electrons. The summed E-state index contributed by atoms with van der Waals surface area (Å²) in [6.07, 6.45) is 1.37. The zero-order valence-corrected chi connectivity index (χ0v) is 23.4. The number of benzene rings is 1. The van der Waals surface area contributed by atoms with Crippen LogP contribution in [-0.2, 0) is 0 Å². The number of likely N-dealkylation sites (tertiary alicyclic amines) is 1. The Kier molecular flexibility index (Phi) is 6.88. The molecule has 0 unspecified atom stereocenters. The van der Waals surface area contributed by atoms with E-state index in [4.69, 9.17) is 9.72 Å². The Morgan fingerprint density at radius 2 is 1.94 bits per heavy atom. The molecule has 2 aromatic heterocycles. The summed E-state index contributed by atoms with van der Waals surface area (Å²) in [5.41, 5.74) is 0.974. The van der Waals surface area contributed by atoms with E-state index < -0.39 is 23.8 Å². The molecule has 36 heavy (non-hydrogen) atoms. The van der Waals surface area contributed by atoms with Crippen molar-refractivity contribution in [3.05, 3.63) is 58.5 Å². The Morgan fingerprint density at radius 3 is 2.61 bits per heavy atom. The summed E-state index contributed by atoms with van der Waals surface area (Å²) in [5, 5.41) is 3.89. The van der Waals surface area contributed by atoms with Gasteiger partial charge in [0.15, 0.2) is 0 Å². The van der Waals surface area contributed by atoms with Gasteiger partial charge in [-0.2, -0.15) is 5.92 Å². The molecule has 6 nitrogen and oxygen atoms in total. The number of fused-ring (bicyclic) bond motifs is 1. The van der Waals surface area contributed by atoms with Crippen molar-refractivity contribution < 1.29 is 17.9 Å². The van der Waals surface area contributed by atoms with Crippen LogP contribution in [0.2, 0.25) is 0 Å². The zero-order chi connectivity index (χ0) is 24.7. The number of ether oxygens (including phenoxy) is 1. The quantitative estimate of drug-likeness (QED) is 0.297. The van der Waals surface area contributed by atoms with Gasteiger partial charge in [0, 0.05) is 17.0 Å². The average Bonchev–Trinajstić information content (AvgIpc) is 3.58. The van der Waals surface area contributed by atoms with Gasteiger partial charge in [0.05, 0.1) is 18.2 Å². The fourth-order valence-electron chi connectivity index (χ4n) is 4.67. The molecule has 1 aliphatic heterocycles. The van der Waals surface area contributed by atoms with Gasteiger partial charge >= 0.3 is 0 Å². The number of aromatic nitrogens is 3. The topological polar surface area (TPSA) is 63.2 Å². The number of aryl methyl sites for hydroxylation is 1. The fraction of sp³-hybridized carbons (Fsp3) is 0.462. The minimum Gasteiger partial charge on any atom is -0.532 e. The minimum absolute atomic E-state index is 0. The van der Waals surface area contributed by atoms with E-state index in [9.17, 15) is 13.2 Å². The molecule has 0 amide bonds. The Bertz CT molecular complexity index is 1240. The van der Waals surface area contributed by atoms with Crippen LogP contribution in [0.4, 0.5) is 19.0 Å². The smallest absolute Gasteiger partial charge is 0.266 e. The van der Waals surface area contributed by atoms with Crippen molar-refractivity contribution in [2.75, 3.05) is 25.5 Å². The van der Waals surface area contributed by atoms with Gasteiger partial charge in [-0.3, -0.25) is 4.98 Å². The van der Waals surface area contributed by atoms with Gasteiger partial charge in [0.2, 0.25) is 0 Å². The maximum atomic E-state index is 14.8. The van der Waals surface area contributed by atoms with Crippen molar-refractivity contribution in [1.29, 1.82) is 0 Å². The van der Waals surface area contributed by atoms with Crippen molar-refractivity contribution in [1.82, 2.24) is 19.9 Å². The van der Waals surface area contributed by atoms with Crippen molar-refractivity contribution in [3.63, 3.8) is 0 Å². The Hall–Kier alpha value is -4.07. The maximum absolute atomic E-state index is 14.8. The van der Waals surface area contributed by atoms with Crippen LogP contribution in [0.5, 0.6) is 5.88 Å². The Morgan fingerprint density at radius 1 is 1.19 bits per heavy atom. The van der Waals surface area contributed by atoms with Crippen LogP contribution in [0.1, 0.15) is 67.6 Å². The normalized spacial score (nSPS) is 18.4. The molecule has 10 heteroatoms. The van der Waals surface area contributed by atoms with Crippen molar-refractivity contribution in [3.8, 4) is 5.88 Å². The number of anilines is 1. The first-order valence-electron chi connectivity index (χ1n) is 12.0. The van der Waals surface area contributed by atoms with Gasteiger partial charge in [-0.05, 0) is 40.3 Å². The molecule has 1 aromatic carbocycles. The van der Waals surface area contributed by atoms with Crippen LogP contribution in [0.15, 0.2) is 24.3 Å². The van der Waals surface area contributed by atoms with Gasteiger partial charge < -0.3 is 15.0 Å². The number of nitrogens with zero attached hydrogens (tertiary/aromatic N) is 4. The first kappa shape index (κ1) is 25.0. The van der Waals surface area contributed by atoms with Gasteiger partial charge in [-0.25, -0.2) is 23.1 Å². The third-order valence-corrected chi connectivity index (χ3v) is 6.84. The summed E-state index contributed by atoms with van der Waals surface area (Å²) in [5.74, 6) is 1.92. The molecule has 1 aliphatic carbocycles. The summed E-state index contributed by atoms with van der Waals surface area (Å²) in [6, 6.07) is 5.81. The summed E-state index contributed by atoms with van der Waals surface area (Å²) in [4.78, 5) is 16.1. The number of hydrogen-bond acceptors (Lipinski definition) is 6. The molecule has 3 heterocycles. The number of hydrogen-bond donors (Lipinski definition) is 1. The van der Waals surface area contributed by atoms with Crippen LogP contribution in [0.25, 0.3) is 11.0 Å². The number of rotatable bonds is 8. The van der Waals surface area contributed by atoms with Crippen LogP contribution in [0.3, 0.4) is 0 Å². The monoisotopic (exact) mass is 727 g/mol. The van der Waals surface area contributed by atoms with E-state index >= 15 is 0 Å². The molecule has 1 saturated heterocycles. The molecule has 0 bridgehead atoms. The van der Waals surface area contributed by atoms with Crippen LogP contribution >= 0.6 is 0 Å².